The van der Waals surface area contributed by atoms with E-state index in [0.29, 0.717) is 6.54 Å². The molecule has 0 atom stereocenters. The highest BCUT2D eigenvalue weighted by molar-refractivity contribution is 5.37. The molecule has 0 amide bonds. The van der Waals surface area contributed by atoms with Crippen molar-refractivity contribution in [2.24, 2.45) is 0 Å². The highest BCUT2D eigenvalue weighted by atomic mass is 16.5. The summed E-state index contributed by atoms with van der Waals surface area (Å²) in [5, 5.41) is 18.3. The van der Waals surface area contributed by atoms with Crippen molar-refractivity contribution in [2.75, 3.05) is 27.4 Å². The molecule has 1 aromatic carbocycles. The zero-order valence-electron chi connectivity index (χ0n) is 11.4. The van der Waals surface area contributed by atoms with E-state index >= 15 is 0 Å². The van der Waals surface area contributed by atoms with Gasteiger partial charge < -0.3 is 14.9 Å². The molecule has 0 heterocycles. The number of rotatable bonds is 7. The second kappa shape index (κ2) is 7.36. The third-order valence-electron chi connectivity index (χ3n) is 3.20. The van der Waals surface area contributed by atoms with E-state index in [0.717, 1.165) is 17.7 Å². The van der Waals surface area contributed by atoms with Crippen molar-refractivity contribution < 1.29 is 14.9 Å². The van der Waals surface area contributed by atoms with Crippen LogP contribution in [0.25, 0.3) is 0 Å². The van der Waals surface area contributed by atoms with Crippen LogP contribution in [0.1, 0.15) is 18.1 Å². The molecular formula is C14H23NO3. The van der Waals surface area contributed by atoms with Crippen LogP contribution < -0.4 is 4.74 Å². The molecule has 0 aromatic heterocycles. The van der Waals surface area contributed by atoms with E-state index in [1.165, 1.54) is 5.56 Å². The van der Waals surface area contributed by atoms with E-state index in [1.54, 1.807) is 7.11 Å². The number of hydrogen-bond acceptors (Lipinski definition) is 4. The van der Waals surface area contributed by atoms with Gasteiger partial charge in [0.05, 0.1) is 26.4 Å². The summed E-state index contributed by atoms with van der Waals surface area (Å²) >= 11 is 0. The van der Waals surface area contributed by atoms with E-state index in [1.807, 2.05) is 24.1 Å². The van der Waals surface area contributed by atoms with Crippen molar-refractivity contribution in [2.45, 2.75) is 25.9 Å². The summed E-state index contributed by atoms with van der Waals surface area (Å²) in [6, 6.07) is 5.88. The minimum absolute atomic E-state index is 0.0379. The summed E-state index contributed by atoms with van der Waals surface area (Å²) in [7, 11) is 3.57. The van der Waals surface area contributed by atoms with Crippen LogP contribution in [0, 0.1) is 0 Å². The van der Waals surface area contributed by atoms with Gasteiger partial charge in [-0.25, -0.2) is 0 Å². The van der Waals surface area contributed by atoms with Crippen LogP contribution in [0.4, 0.5) is 0 Å². The van der Waals surface area contributed by atoms with E-state index < -0.39 is 0 Å². The van der Waals surface area contributed by atoms with Crippen molar-refractivity contribution in [1.82, 2.24) is 4.90 Å². The van der Waals surface area contributed by atoms with Gasteiger partial charge in [0.25, 0.3) is 0 Å². The van der Waals surface area contributed by atoms with Gasteiger partial charge >= 0.3 is 0 Å². The molecule has 0 spiro atoms. The van der Waals surface area contributed by atoms with Crippen LogP contribution in [0.3, 0.4) is 0 Å². The summed E-state index contributed by atoms with van der Waals surface area (Å²) in [5.74, 6) is 0.907. The van der Waals surface area contributed by atoms with E-state index in [9.17, 15) is 0 Å². The van der Waals surface area contributed by atoms with Gasteiger partial charge in [0.2, 0.25) is 0 Å². The summed E-state index contributed by atoms with van der Waals surface area (Å²) in [6.07, 6.45) is 0.921. The van der Waals surface area contributed by atoms with E-state index in [4.69, 9.17) is 14.9 Å². The molecule has 18 heavy (non-hydrogen) atoms. The Labute approximate surface area is 109 Å². The Hall–Kier alpha value is -1.10. The molecule has 4 heteroatoms. The standard InChI is InChI=1S/C14H23NO3/c1-4-12-7-11(5-6-14(12)18-3)8-15(2)13(9-16)10-17/h5-7,13,16-17H,4,8-10H2,1-3H3. The summed E-state index contributed by atoms with van der Waals surface area (Å²) in [5.41, 5.74) is 2.33. The lowest BCUT2D eigenvalue weighted by atomic mass is 10.1. The number of aliphatic hydroxyl groups excluding tert-OH is 2. The Morgan fingerprint density at radius 2 is 1.94 bits per heavy atom. The normalized spacial score (nSPS) is 11.3. The minimum Gasteiger partial charge on any atom is -0.496 e. The Bertz CT molecular complexity index is 364. The van der Waals surface area contributed by atoms with Gasteiger partial charge in [-0.15, -0.1) is 0 Å². The molecule has 0 bridgehead atoms. The smallest absolute Gasteiger partial charge is 0.122 e. The molecular weight excluding hydrogens is 230 g/mol. The molecule has 1 aromatic rings. The minimum atomic E-state index is -0.211. The lowest BCUT2D eigenvalue weighted by molar-refractivity contribution is 0.0873. The molecule has 0 radical (unpaired) electrons. The van der Waals surface area contributed by atoms with Crippen molar-refractivity contribution >= 4 is 0 Å². The van der Waals surface area contributed by atoms with Gasteiger partial charge in [0.1, 0.15) is 5.75 Å². The van der Waals surface area contributed by atoms with Crippen molar-refractivity contribution in [3.05, 3.63) is 29.3 Å². The third kappa shape index (κ3) is 3.70. The van der Waals surface area contributed by atoms with Crippen molar-refractivity contribution in [3.8, 4) is 5.75 Å². The molecule has 0 unspecified atom stereocenters. The monoisotopic (exact) mass is 253 g/mol. The number of ether oxygens (including phenoxy) is 1. The fourth-order valence-corrected chi connectivity index (χ4v) is 1.96. The molecule has 0 aliphatic carbocycles. The van der Waals surface area contributed by atoms with Gasteiger partial charge in [-0.2, -0.15) is 0 Å². The molecule has 102 valence electrons. The summed E-state index contributed by atoms with van der Waals surface area (Å²) in [4.78, 5) is 1.95. The first-order valence-electron chi connectivity index (χ1n) is 6.24. The van der Waals surface area contributed by atoms with Crippen LogP contribution in [-0.4, -0.2) is 48.5 Å². The summed E-state index contributed by atoms with van der Waals surface area (Å²) < 4.78 is 5.29. The fourth-order valence-electron chi connectivity index (χ4n) is 1.96. The maximum Gasteiger partial charge on any atom is 0.122 e. The van der Waals surface area contributed by atoms with Gasteiger partial charge in [-0.3, -0.25) is 4.90 Å². The van der Waals surface area contributed by atoms with E-state index in [-0.39, 0.29) is 19.3 Å². The van der Waals surface area contributed by atoms with Gasteiger partial charge in [-0.05, 0) is 30.7 Å². The number of methoxy groups -OCH3 is 1. The average molecular weight is 253 g/mol. The van der Waals surface area contributed by atoms with Crippen LogP contribution >= 0.6 is 0 Å². The maximum atomic E-state index is 9.14. The van der Waals surface area contributed by atoms with Gasteiger partial charge in [0.15, 0.2) is 0 Å². The first-order valence-corrected chi connectivity index (χ1v) is 6.24. The SMILES string of the molecule is CCc1cc(CN(C)C(CO)CO)ccc1OC. The number of likely N-dealkylation sites (N-methyl/N-ethyl adjacent to an activating group) is 1. The topological polar surface area (TPSA) is 52.9 Å². The second-order valence-corrected chi connectivity index (χ2v) is 4.43. The number of aliphatic hydroxyl groups is 2. The Morgan fingerprint density at radius 3 is 2.44 bits per heavy atom. The zero-order valence-corrected chi connectivity index (χ0v) is 11.4. The lowest BCUT2D eigenvalue weighted by Crippen LogP contribution is -2.37. The molecule has 0 aliphatic heterocycles. The van der Waals surface area contributed by atoms with Gasteiger partial charge in [0, 0.05) is 6.54 Å². The lowest BCUT2D eigenvalue weighted by Gasteiger charge is -2.25. The summed E-state index contributed by atoms with van der Waals surface area (Å²) in [6.45, 7) is 2.71. The number of nitrogens with zero attached hydrogens (tertiary/aromatic N) is 1. The van der Waals surface area contributed by atoms with Crippen LogP contribution in [0.5, 0.6) is 5.75 Å². The predicted octanol–water partition coefficient (Wildman–Crippen LogP) is 1.04. The van der Waals surface area contributed by atoms with Crippen molar-refractivity contribution in [3.63, 3.8) is 0 Å². The third-order valence-corrected chi connectivity index (χ3v) is 3.20. The maximum absolute atomic E-state index is 9.14. The highest BCUT2D eigenvalue weighted by Crippen LogP contribution is 2.21. The molecule has 2 N–H and O–H groups in total. The van der Waals surface area contributed by atoms with Gasteiger partial charge in [-0.1, -0.05) is 19.1 Å². The second-order valence-electron chi connectivity index (χ2n) is 4.43. The number of aryl methyl sites for hydroxylation is 1. The predicted molar refractivity (Wildman–Crippen MR) is 71.8 cm³/mol. The Morgan fingerprint density at radius 1 is 1.28 bits per heavy atom. The molecule has 0 saturated carbocycles. The first kappa shape index (κ1) is 15.0. The van der Waals surface area contributed by atoms with E-state index in [2.05, 4.69) is 13.0 Å². The van der Waals surface area contributed by atoms with Crippen LogP contribution in [-0.2, 0) is 13.0 Å². The van der Waals surface area contributed by atoms with Crippen LogP contribution in [0.2, 0.25) is 0 Å². The Balaban J connectivity index is 2.78. The first-order chi connectivity index (χ1) is 8.65. The number of benzene rings is 1. The fraction of sp³-hybridized carbons (Fsp3) is 0.571. The zero-order chi connectivity index (χ0) is 13.5. The van der Waals surface area contributed by atoms with Crippen molar-refractivity contribution in [1.29, 1.82) is 0 Å². The molecule has 1 rings (SSSR count). The highest BCUT2D eigenvalue weighted by Gasteiger charge is 2.13. The molecule has 4 nitrogen and oxygen atoms in total. The quantitative estimate of drug-likeness (QED) is 0.762. The van der Waals surface area contributed by atoms with Crippen LogP contribution in [0.15, 0.2) is 18.2 Å². The average Bonchev–Trinajstić information content (AvgIpc) is 2.40. The Kier molecular flexibility index (Phi) is 6.12. The largest absolute Gasteiger partial charge is 0.496 e. The molecule has 0 aliphatic rings. The molecule has 0 fully saturated rings. The number of hydrogen-bond donors (Lipinski definition) is 2. The molecule has 0 saturated heterocycles.